The molecule has 0 aromatic heterocycles. The standard InChI is InChI=1S/C3H4BN2O2/c7-3(8)6-2-1-4-5-6/h1-2,5H,(H,7,8). The van der Waals surface area contributed by atoms with E-state index in [4.69, 9.17) is 5.11 Å². The number of carboxylic acid groups (broad SMARTS) is 1. The van der Waals surface area contributed by atoms with Crippen LogP contribution in [0.3, 0.4) is 0 Å². The molecule has 0 atom stereocenters. The average Bonchev–Trinajstić information content (AvgIpc) is 2.12. The number of nitrogens with zero attached hydrogens (tertiary/aromatic N) is 1. The zero-order valence-electron chi connectivity index (χ0n) is 4.03. The van der Waals surface area contributed by atoms with Gasteiger partial charge in [-0.05, 0) is 0 Å². The van der Waals surface area contributed by atoms with Crippen LogP contribution in [0.4, 0.5) is 4.79 Å². The van der Waals surface area contributed by atoms with Gasteiger partial charge in [0.2, 0.25) is 0 Å². The van der Waals surface area contributed by atoms with E-state index in [1.165, 1.54) is 13.6 Å². The normalized spacial score (nSPS) is 16.2. The fourth-order valence-electron chi connectivity index (χ4n) is 0.414. The number of rotatable bonds is 0. The number of carbonyl (C=O) groups is 1. The topological polar surface area (TPSA) is 52.6 Å². The lowest BCUT2D eigenvalue weighted by molar-refractivity contribution is 0.158. The third-order valence-corrected chi connectivity index (χ3v) is 0.751. The molecule has 4 nitrogen and oxygen atoms in total. The lowest BCUT2D eigenvalue weighted by atomic mass is 10.00. The molecule has 0 aliphatic carbocycles. The molecule has 0 saturated carbocycles. The summed E-state index contributed by atoms with van der Waals surface area (Å²) in [6, 6.07) is 0. The van der Waals surface area contributed by atoms with Gasteiger partial charge in [-0.25, -0.2) is 9.80 Å². The molecule has 8 heavy (non-hydrogen) atoms. The number of hydrogen-bond donors (Lipinski definition) is 2. The van der Waals surface area contributed by atoms with Gasteiger partial charge in [-0.15, -0.1) is 0 Å². The van der Waals surface area contributed by atoms with Gasteiger partial charge in [0.15, 0.2) is 0 Å². The number of nitrogens with one attached hydrogen (secondary N) is 1. The summed E-state index contributed by atoms with van der Waals surface area (Å²) in [4.78, 5) is 9.99. The molecular formula is C3H4BN2O2. The smallest absolute Gasteiger partial charge is 0.425 e. The van der Waals surface area contributed by atoms with E-state index in [0.717, 1.165) is 5.01 Å². The Hall–Kier alpha value is -0.965. The molecule has 2 N–H and O–H groups in total. The highest BCUT2D eigenvalue weighted by Gasteiger charge is 2.09. The van der Waals surface area contributed by atoms with Crippen LogP contribution in [-0.2, 0) is 0 Å². The van der Waals surface area contributed by atoms with Crippen molar-refractivity contribution in [3.63, 3.8) is 0 Å². The van der Waals surface area contributed by atoms with Crippen molar-refractivity contribution >= 4 is 13.5 Å². The van der Waals surface area contributed by atoms with Crippen molar-refractivity contribution in [2.24, 2.45) is 0 Å². The van der Waals surface area contributed by atoms with Crippen LogP contribution in [0.15, 0.2) is 12.2 Å². The highest BCUT2D eigenvalue weighted by atomic mass is 16.4. The van der Waals surface area contributed by atoms with Crippen molar-refractivity contribution in [2.75, 3.05) is 0 Å². The first-order valence-corrected chi connectivity index (χ1v) is 2.09. The Morgan fingerprint density at radius 1 is 1.88 bits per heavy atom. The summed E-state index contributed by atoms with van der Waals surface area (Å²) in [5, 5.41) is 11.6. The monoisotopic (exact) mass is 111 g/mol. The minimum atomic E-state index is -1.00. The quantitative estimate of drug-likeness (QED) is 0.417. The van der Waals surface area contributed by atoms with Gasteiger partial charge in [0.05, 0.1) is 0 Å². The van der Waals surface area contributed by atoms with E-state index in [1.807, 2.05) is 0 Å². The zero-order chi connectivity index (χ0) is 5.98. The van der Waals surface area contributed by atoms with Crippen LogP contribution in [0.2, 0.25) is 0 Å². The molecule has 1 rings (SSSR count). The second kappa shape index (κ2) is 1.87. The Balaban J connectivity index is 2.48. The van der Waals surface area contributed by atoms with Gasteiger partial charge in [0.1, 0.15) is 0 Å². The number of hydrazine groups is 1. The van der Waals surface area contributed by atoms with Crippen LogP contribution in [0, 0.1) is 0 Å². The van der Waals surface area contributed by atoms with Crippen LogP contribution in [0.1, 0.15) is 0 Å². The first kappa shape index (κ1) is 5.18. The maximum atomic E-state index is 9.99. The van der Waals surface area contributed by atoms with E-state index >= 15 is 0 Å². The van der Waals surface area contributed by atoms with Crippen LogP contribution in [0.25, 0.3) is 0 Å². The van der Waals surface area contributed by atoms with Crippen molar-refractivity contribution < 1.29 is 9.90 Å². The number of hydrogen-bond acceptors (Lipinski definition) is 2. The summed E-state index contributed by atoms with van der Waals surface area (Å²) in [7, 11) is 1.54. The minimum absolute atomic E-state index is 0.958. The van der Waals surface area contributed by atoms with Gasteiger partial charge < -0.3 is 5.11 Å². The Kier molecular flexibility index (Phi) is 1.21. The SMILES string of the molecule is O=C(O)N1C=C[B]N1. The summed E-state index contributed by atoms with van der Waals surface area (Å²) in [5.41, 5.74) is 0. The summed E-state index contributed by atoms with van der Waals surface area (Å²) >= 11 is 0. The highest BCUT2D eigenvalue weighted by Crippen LogP contribution is 1.89. The predicted molar refractivity (Wildman–Crippen MR) is 27.9 cm³/mol. The van der Waals surface area contributed by atoms with Crippen molar-refractivity contribution in [2.45, 2.75) is 0 Å². The van der Waals surface area contributed by atoms with Crippen molar-refractivity contribution in [3.8, 4) is 0 Å². The first-order chi connectivity index (χ1) is 3.80. The first-order valence-electron chi connectivity index (χ1n) is 2.09. The molecule has 0 aromatic carbocycles. The lowest BCUT2D eigenvalue weighted by Gasteiger charge is -2.07. The molecule has 0 saturated heterocycles. The summed E-state index contributed by atoms with van der Waals surface area (Å²) in [6.07, 6.45) is 0.414. The Bertz CT molecular complexity index is 135. The summed E-state index contributed by atoms with van der Waals surface area (Å²) in [5.74, 6) is 1.61. The fourth-order valence-corrected chi connectivity index (χ4v) is 0.414. The highest BCUT2D eigenvalue weighted by molar-refractivity contribution is 6.40. The van der Waals surface area contributed by atoms with E-state index in [0.29, 0.717) is 0 Å². The van der Waals surface area contributed by atoms with Gasteiger partial charge >= 0.3 is 6.09 Å². The molecule has 1 amide bonds. The Morgan fingerprint density at radius 3 is 2.88 bits per heavy atom. The molecule has 5 heteroatoms. The second-order valence-corrected chi connectivity index (χ2v) is 1.29. The third kappa shape index (κ3) is 0.814. The van der Waals surface area contributed by atoms with Crippen LogP contribution in [-0.4, -0.2) is 23.6 Å². The maximum absolute atomic E-state index is 9.99. The molecule has 1 aliphatic heterocycles. The van der Waals surface area contributed by atoms with Gasteiger partial charge in [-0.3, -0.25) is 5.34 Å². The second-order valence-electron chi connectivity index (χ2n) is 1.29. The fraction of sp³-hybridized carbons (Fsp3) is 0. The lowest BCUT2D eigenvalue weighted by Crippen LogP contribution is -2.34. The number of amides is 1. The predicted octanol–water partition coefficient (Wildman–Crippen LogP) is -0.425. The average molecular weight is 111 g/mol. The van der Waals surface area contributed by atoms with Gasteiger partial charge in [0, 0.05) is 6.20 Å². The molecule has 0 bridgehead atoms. The van der Waals surface area contributed by atoms with E-state index in [-0.39, 0.29) is 0 Å². The summed E-state index contributed by atoms with van der Waals surface area (Å²) in [6.45, 7) is 0. The van der Waals surface area contributed by atoms with Gasteiger partial charge in [0.25, 0.3) is 7.41 Å². The van der Waals surface area contributed by atoms with Crippen molar-refractivity contribution in [1.29, 1.82) is 0 Å². The molecule has 41 valence electrons. The van der Waals surface area contributed by atoms with Crippen molar-refractivity contribution in [3.05, 3.63) is 12.2 Å². The van der Waals surface area contributed by atoms with Crippen molar-refractivity contribution in [1.82, 2.24) is 10.3 Å². The zero-order valence-corrected chi connectivity index (χ0v) is 4.03. The van der Waals surface area contributed by atoms with Gasteiger partial charge in [-0.1, -0.05) is 5.98 Å². The summed E-state index contributed by atoms with van der Waals surface area (Å²) < 4.78 is 0. The van der Waals surface area contributed by atoms with Gasteiger partial charge in [-0.2, -0.15) is 0 Å². The molecule has 0 fully saturated rings. The molecular weight excluding hydrogens is 107 g/mol. The van der Waals surface area contributed by atoms with Crippen LogP contribution < -0.4 is 5.34 Å². The largest absolute Gasteiger partial charge is 0.464 e. The van der Waals surface area contributed by atoms with E-state index in [1.54, 1.807) is 5.98 Å². The Labute approximate surface area is 47.0 Å². The molecule has 1 radical (unpaired) electrons. The van der Waals surface area contributed by atoms with E-state index in [2.05, 4.69) is 5.34 Å². The molecule has 0 spiro atoms. The molecule has 0 aromatic rings. The minimum Gasteiger partial charge on any atom is -0.464 e. The maximum Gasteiger partial charge on any atom is 0.425 e. The van der Waals surface area contributed by atoms with Crippen LogP contribution in [0.5, 0.6) is 0 Å². The molecule has 1 aliphatic rings. The third-order valence-electron chi connectivity index (χ3n) is 0.751. The molecule has 0 unspecified atom stereocenters. The Morgan fingerprint density at radius 2 is 2.62 bits per heavy atom. The molecule has 1 heterocycles. The van der Waals surface area contributed by atoms with Crippen LogP contribution >= 0.6 is 0 Å². The van der Waals surface area contributed by atoms with E-state index in [9.17, 15) is 4.79 Å². The van der Waals surface area contributed by atoms with E-state index < -0.39 is 6.09 Å².